The maximum Gasteiger partial charge on any atom is 0.275 e. The van der Waals surface area contributed by atoms with Crippen LogP contribution in [0.3, 0.4) is 0 Å². The fourth-order valence-electron chi connectivity index (χ4n) is 2.78. The van der Waals surface area contributed by atoms with Gasteiger partial charge >= 0.3 is 0 Å². The molecular weight excluding hydrogens is 365 g/mol. The van der Waals surface area contributed by atoms with Crippen LogP contribution in [-0.4, -0.2) is 30.7 Å². The summed E-state index contributed by atoms with van der Waals surface area (Å²) in [5.74, 6) is -0.147. The van der Waals surface area contributed by atoms with Gasteiger partial charge in [0.2, 0.25) is 0 Å². The Balaban J connectivity index is 1.63. The second-order valence-electron chi connectivity index (χ2n) is 6.19. The number of amides is 1. The smallest absolute Gasteiger partial charge is 0.275 e. The van der Waals surface area contributed by atoms with Crippen LogP contribution < -0.4 is 0 Å². The van der Waals surface area contributed by atoms with E-state index in [0.717, 1.165) is 0 Å². The van der Waals surface area contributed by atoms with Crippen molar-refractivity contribution < 1.29 is 18.0 Å². The summed E-state index contributed by atoms with van der Waals surface area (Å²) in [6.45, 7) is 2.21. The van der Waals surface area contributed by atoms with Crippen LogP contribution in [0.25, 0.3) is 11.4 Å². The molecule has 0 fully saturated rings. The number of hydrogen-bond acceptors (Lipinski definition) is 6. The first kappa shape index (κ1) is 17.7. The molecule has 3 aromatic heterocycles. The fourth-order valence-corrected chi connectivity index (χ4v) is 2.78. The first-order valence-corrected chi connectivity index (χ1v) is 8.46. The van der Waals surface area contributed by atoms with Crippen LogP contribution in [0.4, 0.5) is 4.39 Å². The van der Waals surface area contributed by atoms with Gasteiger partial charge in [-0.05, 0) is 31.2 Å². The molecule has 28 heavy (non-hydrogen) atoms. The number of aromatic amines is 1. The van der Waals surface area contributed by atoms with Crippen molar-refractivity contribution in [1.29, 1.82) is 0 Å². The van der Waals surface area contributed by atoms with Gasteiger partial charge in [0.15, 0.2) is 12.8 Å². The van der Waals surface area contributed by atoms with Crippen LogP contribution >= 0.6 is 0 Å². The molecule has 142 valence electrons. The highest BCUT2D eigenvalue weighted by Crippen LogP contribution is 2.21. The number of aromatic nitrogens is 4. The fraction of sp³-hybridized carbons (Fsp3) is 0.158. The molecular formula is C19H16FN5O3. The Kier molecular flexibility index (Phi) is 4.71. The molecule has 1 amide bonds. The molecule has 0 aliphatic carbocycles. The summed E-state index contributed by atoms with van der Waals surface area (Å²) >= 11 is 0. The molecule has 4 aromatic rings. The number of rotatable bonds is 6. The van der Waals surface area contributed by atoms with E-state index in [9.17, 15) is 9.18 Å². The molecule has 3 heterocycles. The first-order valence-electron chi connectivity index (χ1n) is 8.46. The molecule has 9 heteroatoms. The molecule has 0 saturated carbocycles. The Bertz CT molecular complexity index is 1020. The summed E-state index contributed by atoms with van der Waals surface area (Å²) in [6.07, 6.45) is 5.57. The molecule has 4 rings (SSSR count). The lowest BCUT2D eigenvalue weighted by Gasteiger charge is -2.19. The van der Waals surface area contributed by atoms with Gasteiger partial charge in [-0.15, -0.1) is 0 Å². The molecule has 0 saturated heterocycles. The zero-order valence-corrected chi connectivity index (χ0v) is 14.9. The maximum absolute atomic E-state index is 13.2. The molecule has 0 unspecified atom stereocenters. The number of aryl methyl sites for hydroxylation is 1. The third-order valence-corrected chi connectivity index (χ3v) is 4.16. The lowest BCUT2D eigenvalue weighted by Crippen LogP contribution is -2.31. The van der Waals surface area contributed by atoms with Gasteiger partial charge in [0.25, 0.3) is 5.91 Å². The van der Waals surface area contributed by atoms with E-state index in [1.165, 1.54) is 37.4 Å². The van der Waals surface area contributed by atoms with Crippen molar-refractivity contribution in [2.45, 2.75) is 20.0 Å². The van der Waals surface area contributed by atoms with Crippen molar-refractivity contribution >= 4 is 5.91 Å². The van der Waals surface area contributed by atoms with Crippen LogP contribution in [0, 0.1) is 12.7 Å². The van der Waals surface area contributed by atoms with Crippen molar-refractivity contribution in [1.82, 2.24) is 24.8 Å². The molecule has 0 spiro atoms. The van der Waals surface area contributed by atoms with Crippen LogP contribution in [0.15, 0.2) is 58.4 Å². The van der Waals surface area contributed by atoms with E-state index in [4.69, 9.17) is 8.83 Å². The van der Waals surface area contributed by atoms with Crippen molar-refractivity contribution in [2.24, 2.45) is 0 Å². The van der Waals surface area contributed by atoms with Gasteiger partial charge in [0.1, 0.15) is 29.9 Å². The zero-order valence-electron chi connectivity index (χ0n) is 14.9. The van der Waals surface area contributed by atoms with E-state index in [-0.39, 0.29) is 30.5 Å². The highest BCUT2D eigenvalue weighted by Gasteiger charge is 2.24. The average Bonchev–Trinajstić information content (AvgIpc) is 3.44. The topological polar surface area (TPSA) is 101 Å². The van der Waals surface area contributed by atoms with Crippen LogP contribution in [0.1, 0.15) is 27.6 Å². The summed E-state index contributed by atoms with van der Waals surface area (Å²) in [7, 11) is 0. The minimum Gasteiger partial charge on any atom is -0.451 e. The highest BCUT2D eigenvalue weighted by molar-refractivity contribution is 5.94. The van der Waals surface area contributed by atoms with Gasteiger partial charge in [-0.25, -0.2) is 19.3 Å². The minimum absolute atomic E-state index is 0.223. The molecule has 1 aromatic carbocycles. The SMILES string of the molecule is Cc1[nH]c(-c2ccc(F)cc2)nc1C(=O)N(Cc1cocn1)Cc1cocn1. The minimum atomic E-state index is -0.338. The number of H-pyrrole nitrogens is 1. The Hall–Kier alpha value is -3.75. The molecule has 1 N–H and O–H groups in total. The molecule has 0 aliphatic heterocycles. The summed E-state index contributed by atoms with van der Waals surface area (Å²) in [6, 6.07) is 5.89. The molecule has 0 aliphatic rings. The summed E-state index contributed by atoms with van der Waals surface area (Å²) in [5.41, 5.74) is 2.76. The summed E-state index contributed by atoms with van der Waals surface area (Å²) in [4.78, 5) is 30.4. The largest absolute Gasteiger partial charge is 0.451 e. The highest BCUT2D eigenvalue weighted by atomic mass is 19.1. The van der Waals surface area contributed by atoms with Gasteiger partial charge in [0, 0.05) is 11.3 Å². The Morgan fingerprint density at radius 1 is 1.07 bits per heavy atom. The quantitative estimate of drug-likeness (QED) is 0.550. The third kappa shape index (κ3) is 3.68. The molecule has 0 radical (unpaired) electrons. The molecule has 0 atom stereocenters. The van der Waals surface area contributed by atoms with Gasteiger partial charge in [-0.3, -0.25) is 4.79 Å². The monoisotopic (exact) mass is 381 g/mol. The zero-order chi connectivity index (χ0) is 19.5. The number of carbonyl (C=O) groups is 1. The van der Waals surface area contributed by atoms with Crippen LogP contribution in [0.2, 0.25) is 0 Å². The van der Waals surface area contributed by atoms with Crippen LogP contribution in [0.5, 0.6) is 0 Å². The predicted octanol–water partition coefficient (Wildman–Crippen LogP) is 3.34. The number of imidazole rings is 1. The Morgan fingerprint density at radius 2 is 1.68 bits per heavy atom. The molecule has 8 nitrogen and oxygen atoms in total. The van der Waals surface area contributed by atoms with Gasteiger partial charge < -0.3 is 18.7 Å². The van der Waals surface area contributed by atoms with E-state index >= 15 is 0 Å². The molecule has 0 bridgehead atoms. The predicted molar refractivity (Wildman–Crippen MR) is 95.3 cm³/mol. The first-order chi connectivity index (χ1) is 13.6. The normalized spacial score (nSPS) is 10.9. The van der Waals surface area contributed by atoms with E-state index in [0.29, 0.717) is 28.5 Å². The van der Waals surface area contributed by atoms with E-state index < -0.39 is 0 Å². The van der Waals surface area contributed by atoms with Gasteiger partial charge in [-0.1, -0.05) is 0 Å². The number of oxazole rings is 2. The number of nitrogens with zero attached hydrogens (tertiary/aromatic N) is 4. The maximum atomic E-state index is 13.2. The van der Waals surface area contributed by atoms with E-state index in [1.807, 2.05) is 0 Å². The lowest BCUT2D eigenvalue weighted by molar-refractivity contribution is 0.0719. The van der Waals surface area contributed by atoms with Crippen molar-refractivity contribution in [2.75, 3.05) is 0 Å². The summed E-state index contributed by atoms with van der Waals surface area (Å²) in [5, 5.41) is 0. The van der Waals surface area contributed by atoms with Gasteiger partial charge in [-0.2, -0.15) is 0 Å². The standard InChI is InChI=1S/C19H16FN5O3/c1-12-17(24-18(23-12)13-2-4-14(20)5-3-13)19(26)25(6-15-8-27-10-21-15)7-16-9-28-11-22-16/h2-5,8-11H,6-7H2,1H3,(H,23,24). The van der Waals surface area contributed by atoms with E-state index in [1.54, 1.807) is 24.0 Å². The number of nitrogens with one attached hydrogen (secondary N) is 1. The van der Waals surface area contributed by atoms with Crippen LogP contribution in [-0.2, 0) is 13.1 Å². The Labute approximate surface area is 159 Å². The Morgan fingerprint density at radius 3 is 2.21 bits per heavy atom. The van der Waals surface area contributed by atoms with Crippen molar-refractivity contribution in [3.05, 3.63) is 78.2 Å². The van der Waals surface area contributed by atoms with Crippen molar-refractivity contribution in [3.8, 4) is 11.4 Å². The third-order valence-electron chi connectivity index (χ3n) is 4.16. The number of hydrogen-bond donors (Lipinski definition) is 1. The second-order valence-corrected chi connectivity index (χ2v) is 6.19. The summed E-state index contributed by atoms with van der Waals surface area (Å²) < 4.78 is 23.2. The van der Waals surface area contributed by atoms with Gasteiger partial charge in [0.05, 0.1) is 24.5 Å². The lowest BCUT2D eigenvalue weighted by atomic mass is 10.2. The number of benzene rings is 1. The average molecular weight is 381 g/mol. The number of carbonyl (C=O) groups excluding carboxylic acids is 1. The van der Waals surface area contributed by atoms with Crippen molar-refractivity contribution in [3.63, 3.8) is 0 Å². The second kappa shape index (κ2) is 7.47. The number of halogens is 1. The van der Waals surface area contributed by atoms with E-state index in [2.05, 4.69) is 19.9 Å².